The Morgan fingerprint density at radius 1 is 1.19 bits per heavy atom. The van der Waals surface area contributed by atoms with Crippen LogP contribution in [0.15, 0.2) is 12.1 Å². The van der Waals surface area contributed by atoms with E-state index in [0.29, 0.717) is 18.3 Å². The van der Waals surface area contributed by atoms with Gasteiger partial charge in [0.2, 0.25) is 5.91 Å². The van der Waals surface area contributed by atoms with Gasteiger partial charge >= 0.3 is 31.2 Å². The molecular weight excluding hydrogens is 496 g/mol. The van der Waals surface area contributed by atoms with Gasteiger partial charge in [-0.1, -0.05) is 6.07 Å². The second kappa shape index (κ2) is 11.9. The second-order valence-electron chi connectivity index (χ2n) is 8.08. The zero-order valence-electron chi connectivity index (χ0n) is 18.7. The van der Waals surface area contributed by atoms with E-state index in [1.165, 1.54) is 4.90 Å². The number of fused-ring (bicyclic) bond motifs is 1. The number of aryl methyl sites for hydroxylation is 1. The maximum absolute atomic E-state index is 12.2. The summed E-state index contributed by atoms with van der Waals surface area (Å²) in [6, 6.07) is 2.75. The Morgan fingerprint density at radius 3 is 2.33 bits per heavy atom. The zero-order valence-corrected chi connectivity index (χ0v) is 18.7. The number of aromatic carboxylic acids is 1. The zero-order chi connectivity index (χ0) is 27.2. The largest absolute Gasteiger partial charge is 0.535 e. The van der Waals surface area contributed by atoms with Crippen LogP contribution < -0.4 is 15.1 Å². The average molecular weight is 520 g/mol. The van der Waals surface area contributed by atoms with Gasteiger partial charge < -0.3 is 40.4 Å². The highest BCUT2D eigenvalue weighted by Gasteiger charge is 2.38. The summed E-state index contributed by atoms with van der Waals surface area (Å²) in [5.41, 5.74) is 6.34. The fraction of sp³-hybridized carbons (Fsp3) is 0.500. The number of carboxylic acid groups (broad SMARTS) is 3. The molecule has 0 unspecified atom stereocenters. The van der Waals surface area contributed by atoms with Crippen molar-refractivity contribution in [1.82, 2.24) is 4.90 Å². The van der Waals surface area contributed by atoms with Crippen LogP contribution in [0.4, 0.5) is 13.2 Å². The van der Waals surface area contributed by atoms with E-state index in [4.69, 9.17) is 30.1 Å². The normalized spacial score (nSPS) is 15.9. The first-order chi connectivity index (χ1) is 16.7. The predicted molar refractivity (Wildman–Crippen MR) is 115 cm³/mol. The Labute approximate surface area is 202 Å². The maximum Gasteiger partial charge on any atom is 0.522 e. The number of nitrogens with zero attached hydrogens (tertiary/aromatic N) is 1. The third-order valence-electron chi connectivity index (χ3n) is 5.23. The highest BCUT2D eigenvalue weighted by Crippen LogP contribution is 2.37. The Hall–Kier alpha value is -3.53. The van der Waals surface area contributed by atoms with Crippen molar-refractivity contribution in [3.8, 4) is 11.5 Å². The van der Waals surface area contributed by atoms with Gasteiger partial charge in [0.15, 0.2) is 0 Å². The highest BCUT2D eigenvalue weighted by atomic mass is 19.4. The van der Waals surface area contributed by atoms with Crippen molar-refractivity contribution < 1.29 is 62.1 Å². The summed E-state index contributed by atoms with van der Waals surface area (Å²) >= 11 is 0. The van der Waals surface area contributed by atoms with E-state index in [9.17, 15) is 37.7 Å². The van der Waals surface area contributed by atoms with Crippen molar-refractivity contribution in [3.63, 3.8) is 0 Å². The molecule has 1 saturated heterocycles. The van der Waals surface area contributed by atoms with Crippen molar-refractivity contribution in [3.05, 3.63) is 23.3 Å². The maximum atomic E-state index is 12.2. The molecule has 6 N–H and O–H groups in total. The second-order valence-corrected chi connectivity index (χ2v) is 8.08. The van der Waals surface area contributed by atoms with Gasteiger partial charge in [-0.2, -0.15) is 13.2 Å². The number of benzene rings is 1. The van der Waals surface area contributed by atoms with Crippen LogP contribution in [0.25, 0.3) is 0 Å². The molecule has 1 fully saturated rings. The van der Waals surface area contributed by atoms with Gasteiger partial charge in [-0.3, -0.25) is 9.59 Å². The van der Waals surface area contributed by atoms with Crippen LogP contribution in [0.5, 0.6) is 11.5 Å². The smallest absolute Gasteiger partial charge is 0.522 e. The summed E-state index contributed by atoms with van der Waals surface area (Å²) in [6.07, 6.45) is -4.39. The molecule has 1 atom stereocenters. The number of carbonyl (C=O) groups excluding carboxylic acids is 1. The lowest BCUT2D eigenvalue weighted by molar-refractivity contribution is -0.192. The summed E-state index contributed by atoms with van der Waals surface area (Å²) in [5, 5.41) is 35.0. The van der Waals surface area contributed by atoms with E-state index in [2.05, 4.69) is 0 Å². The summed E-state index contributed by atoms with van der Waals surface area (Å²) in [7, 11) is -1.06. The number of hydrogen-bond acceptors (Lipinski definition) is 8. The van der Waals surface area contributed by atoms with Gasteiger partial charge in [-0.05, 0) is 30.8 Å². The van der Waals surface area contributed by atoms with Crippen LogP contribution in [0.3, 0.4) is 0 Å². The molecule has 198 valence electrons. The molecule has 0 spiro atoms. The first-order valence-corrected chi connectivity index (χ1v) is 10.6. The number of amides is 1. The summed E-state index contributed by atoms with van der Waals surface area (Å²) in [4.78, 5) is 44.9. The predicted octanol–water partition coefficient (Wildman–Crippen LogP) is 0.605. The number of carboxylic acids is 3. The van der Waals surface area contributed by atoms with Crippen LogP contribution in [-0.2, 0) is 20.8 Å². The summed E-state index contributed by atoms with van der Waals surface area (Å²) < 4.78 is 42.8. The molecule has 3 rings (SSSR count). The van der Waals surface area contributed by atoms with Crippen molar-refractivity contribution >= 4 is 30.9 Å². The molecule has 0 bridgehead atoms. The average Bonchev–Trinajstić information content (AvgIpc) is 2.73. The van der Waals surface area contributed by atoms with Gasteiger partial charge in [0.05, 0.1) is 13.1 Å². The molecule has 0 aliphatic carbocycles. The molecule has 0 saturated carbocycles. The third-order valence-corrected chi connectivity index (χ3v) is 5.23. The molecule has 0 radical (unpaired) electrons. The molecule has 2 aliphatic rings. The number of carbonyl (C=O) groups is 4. The number of rotatable bonds is 8. The lowest BCUT2D eigenvalue weighted by atomic mass is 9.78. The number of ether oxygens (including phenoxy) is 1. The Kier molecular flexibility index (Phi) is 9.52. The van der Waals surface area contributed by atoms with Crippen molar-refractivity contribution in [2.75, 3.05) is 13.1 Å². The number of likely N-dealkylation sites (tertiary alicyclic amines) is 1. The molecule has 16 heteroatoms. The lowest BCUT2D eigenvalue weighted by Crippen LogP contribution is -2.57. The first kappa shape index (κ1) is 28.7. The van der Waals surface area contributed by atoms with Crippen LogP contribution >= 0.6 is 0 Å². The number of nitrogens with two attached hydrogens (primary N) is 1. The molecule has 0 aromatic heterocycles. The van der Waals surface area contributed by atoms with E-state index in [0.717, 1.165) is 0 Å². The fourth-order valence-corrected chi connectivity index (χ4v) is 3.37. The number of halogens is 3. The SMILES string of the molecule is N[C@@H](CCC(=O)O)CC(=O)N1CC(Oc2ccc3c(c2C(=O)O)OB(O)CC3)C1.O=C(O)C(F)(F)F. The number of aliphatic carboxylic acids is 2. The minimum absolute atomic E-state index is 0.0466. The minimum atomic E-state index is -5.08. The summed E-state index contributed by atoms with van der Waals surface area (Å²) in [5.74, 6) is -4.89. The monoisotopic (exact) mass is 520 g/mol. The summed E-state index contributed by atoms with van der Waals surface area (Å²) in [6.45, 7) is 0.564. The fourth-order valence-electron chi connectivity index (χ4n) is 3.37. The molecule has 1 aromatic carbocycles. The molecular formula is C20H24BF3N2O10. The molecule has 12 nitrogen and oxygen atoms in total. The molecule has 2 aliphatic heterocycles. The van der Waals surface area contributed by atoms with Gasteiger partial charge in [0.25, 0.3) is 0 Å². The highest BCUT2D eigenvalue weighted by molar-refractivity contribution is 6.44. The van der Waals surface area contributed by atoms with Crippen molar-refractivity contribution in [1.29, 1.82) is 0 Å². The molecule has 36 heavy (non-hydrogen) atoms. The Morgan fingerprint density at radius 2 is 1.81 bits per heavy atom. The van der Waals surface area contributed by atoms with Gasteiger partial charge in [0, 0.05) is 18.9 Å². The minimum Gasteiger partial charge on any atom is -0.535 e. The van der Waals surface area contributed by atoms with Gasteiger partial charge in [0.1, 0.15) is 23.2 Å². The topological polar surface area (TPSA) is 197 Å². The van der Waals surface area contributed by atoms with E-state index >= 15 is 0 Å². The molecule has 2 heterocycles. The quantitative estimate of drug-likeness (QED) is 0.301. The van der Waals surface area contributed by atoms with Crippen molar-refractivity contribution in [2.45, 2.75) is 50.3 Å². The van der Waals surface area contributed by atoms with E-state index in [1.807, 2.05) is 0 Å². The standard InChI is InChI=1S/C18H23BN2O8.C2HF3O2/c20-11(2-4-15(23)24)7-14(22)21-8-12(9-21)28-13-3-1-10-5-6-19(27)29-17(10)16(13)18(25)26;3-2(4,5)1(6)7/h1,3,11-12,27H,2,4-9,20H2,(H,23,24)(H,25,26);(H,6,7)/t11-;/m0./s1. The van der Waals surface area contributed by atoms with Gasteiger partial charge in [-0.25, -0.2) is 9.59 Å². The molecule has 1 amide bonds. The number of alkyl halides is 3. The third kappa shape index (κ3) is 8.01. The Bertz CT molecular complexity index is 1000. The van der Waals surface area contributed by atoms with E-state index < -0.39 is 37.2 Å². The first-order valence-electron chi connectivity index (χ1n) is 10.6. The lowest BCUT2D eigenvalue weighted by Gasteiger charge is -2.39. The van der Waals surface area contributed by atoms with Crippen molar-refractivity contribution in [2.24, 2.45) is 5.73 Å². The van der Waals surface area contributed by atoms with Crippen LogP contribution in [-0.4, -0.2) is 87.6 Å². The Balaban J connectivity index is 0.000000572. The van der Waals surface area contributed by atoms with Crippen LogP contribution in [0.2, 0.25) is 6.32 Å². The van der Waals surface area contributed by atoms with E-state index in [1.54, 1.807) is 12.1 Å². The number of hydrogen-bond donors (Lipinski definition) is 5. The van der Waals surface area contributed by atoms with Crippen LogP contribution in [0.1, 0.15) is 35.2 Å². The van der Waals surface area contributed by atoms with E-state index in [-0.39, 0.29) is 61.4 Å². The molecule has 1 aromatic rings. The van der Waals surface area contributed by atoms with Crippen LogP contribution in [0, 0.1) is 0 Å². The van der Waals surface area contributed by atoms with Gasteiger partial charge in [-0.15, -0.1) is 0 Å².